The molecular formula is C12H24O2Si. The van der Waals surface area contributed by atoms with Gasteiger partial charge in [-0.2, -0.15) is 0 Å². The van der Waals surface area contributed by atoms with Crippen molar-refractivity contribution in [2.75, 3.05) is 0 Å². The molecule has 0 fully saturated rings. The van der Waals surface area contributed by atoms with Crippen LogP contribution in [0.25, 0.3) is 0 Å². The van der Waals surface area contributed by atoms with Crippen LogP contribution in [-0.2, 0) is 8.85 Å². The largest absolute Gasteiger partial charge is 0.391 e. The van der Waals surface area contributed by atoms with E-state index in [2.05, 4.69) is 40.1 Å². The summed E-state index contributed by atoms with van der Waals surface area (Å²) in [6.45, 7) is 15.7. The van der Waals surface area contributed by atoms with Gasteiger partial charge in [-0.05, 0) is 39.8 Å². The van der Waals surface area contributed by atoms with Gasteiger partial charge in [-0.15, -0.1) is 13.2 Å². The third kappa shape index (κ3) is 7.53. The van der Waals surface area contributed by atoms with E-state index >= 15 is 0 Å². The molecule has 0 aromatic rings. The lowest BCUT2D eigenvalue weighted by atomic mass is 10.3. The molecule has 3 heteroatoms. The maximum atomic E-state index is 5.91. The Morgan fingerprint density at radius 3 is 1.60 bits per heavy atom. The summed E-state index contributed by atoms with van der Waals surface area (Å²) in [6.07, 6.45) is 5.88. The molecule has 0 rings (SSSR count). The first-order chi connectivity index (χ1) is 6.91. The average molecular weight is 228 g/mol. The van der Waals surface area contributed by atoms with Gasteiger partial charge in [-0.3, -0.25) is 0 Å². The number of rotatable bonds is 8. The molecule has 0 heterocycles. The number of hydrogen-bond acceptors (Lipinski definition) is 2. The molecule has 0 spiro atoms. The topological polar surface area (TPSA) is 18.5 Å². The van der Waals surface area contributed by atoms with Crippen molar-refractivity contribution in [1.82, 2.24) is 0 Å². The van der Waals surface area contributed by atoms with Gasteiger partial charge in [0.25, 0.3) is 0 Å². The van der Waals surface area contributed by atoms with E-state index in [1.165, 1.54) is 0 Å². The predicted molar refractivity (Wildman–Crippen MR) is 68.2 cm³/mol. The van der Waals surface area contributed by atoms with Gasteiger partial charge in [-0.1, -0.05) is 12.2 Å². The van der Waals surface area contributed by atoms with E-state index < -0.39 is 8.56 Å². The second-order valence-corrected chi connectivity index (χ2v) is 7.58. The highest BCUT2D eigenvalue weighted by atomic mass is 28.4. The Balaban J connectivity index is 4.04. The molecule has 0 aliphatic rings. The molecule has 0 saturated carbocycles. The molecule has 0 N–H and O–H groups in total. The maximum absolute atomic E-state index is 5.91. The quantitative estimate of drug-likeness (QED) is 0.466. The van der Waals surface area contributed by atoms with Crippen LogP contribution in [0.3, 0.4) is 0 Å². The van der Waals surface area contributed by atoms with Gasteiger partial charge in [0.05, 0.1) is 0 Å². The summed E-state index contributed by atoms with van der Waals surface area (Å²) in [6, 6.07) is 0. The Kier molecular flexibility index (Phi) is 6.81. The molecule has 88 valence electrons. The molecule has 0 aromatic heterocycles. The minimum absolute atomic E-state index is 0.195. The minimum atomic E-state index is -2.00. The summed E-state index contributed by atoms with van der Waals surface area (Å²) >= 11 is 0. The standard InChI is InChI=1S/C12H24O2Si/c1-7-9-11(3)13-15(5,6)14-12(4)10-8-2/h7-8,11-12H,1-2,9-10H2,3-6H3. The summed E-state index contributed by atoms with van der Waals surface area (Å²) in [7, 11) is -2.00. The molecule has 0 aromatic carbocycles. The van der Waals surface area contributed by atoms with Crippen LogP contribution in [-0.4, -0.2) is 20.8 Å². The van der Waals surface area contributed by atoms with Crippen molar-refractivity contribution < 1.29 is 8.85 Å². The van der Waals surface area contributed by atoms with E-state index in [0.717, 1.165) is 12.8 Å². The van der Waals surface area contributed by atoms with Gasteiger partial charge in [0.15, 0.2) is 0 Å². The number of hydrogen-bond donors (Lipinski definition) is 0. The Morgan fingerprint density at radius 1 is 1.00 bits per heavy atom. The van der Waals surface area contributed by atoms with E-state index in [-0.39, 0.29) is 12.2 Å². The van der Waals surface area contributed by atoms with Crippen LogP contribution >= 0.6 is 0 Å². The molecule has 0 saturated heterocycles. The van der Waals surface area contributed by atoms with Crippen molar-refractivity contribution in [3.8, 4) is 0 Å². The van der Waals surface area contributed by atoms with Crippen LogP contribution in [0.15, 0.2) is 25.3 Å². The zero-order chi connectivity index (χ0) is 11.9. The SMILES string of the molecule is C=CCC(C)O[Si](C)(C)OC(C)CC=C. The molecule has 0 radical (unpaired) electrons. The summed E-state index contributed by atoms with van der Waals surface area (Å²) in [5, 5.41) is 0. The summed E-state index contributed by atoms with van der Waals surface area (Å²) in [5.41, 5.74) is 0. The third-order valence-corrected chi connectivity index (χ3v) is 3.91. The van der Waals surface area contributed by atoms with Crippen LogP contribution in [0, 0.1) is 0 Å². The van der Waals surface area contributed by atoms with Crippen molar-refractivity contribution >= 4 is 8.56 Å². The van der Waals surface area contributed by atoms with Gasteiger partial charge in [0.2, 0.25) is 0 Å². The van der Waals surface area contributed by atoms with E-state index in [0.29, 0.717) is 0 Å². The molecular weight excluding hydrogens is 204 g/mol. The molecule has 15 heavy (non-hydrogen) atoms. The fraction of sp³-hybridized carbons (Fsp3) is 0.667. The Hall–Kier alpha value is -0.383. The first-order valence-corrected chi connectivity index (χ1v) is 8.30. The highest BCUT2D eigenvalue weighted by molar-refractivity contribution is 6.64. The minimum Gasteiger partial charge on any atom is -0.391 e. The Bertz CT molecular complexity index is 182. The third-order valence-electron chi connectivity index (χ3n) is 1.97. The van der Waals surface area contributed by atoms with Gasteiger partial charge in [0, 0.05) is 12.2 Å². The highest BCUT2D eigenvalue weighted by Crippen LogP contribution is 2.15. The monoisotopic (exact) mass is 228 g/mol. The van der Waals surface area contributed by atoms with E-state index in [4.69, 9.17) is 8.85 Å². The van der Waals surface area contributed by atoms with Crippen molar-refractivity contribution in [1.29, 1.82) is 0 Å². The van der Waals surface area contributed by atoms with Crippen LogP contribution in [0.5, 0.6) is 0 Å². The predicted octanol–water partition coefficient (Wildman–Crippen LogP) is 3.65. The second kappa shape index (κ2) is 6.98. The van der Waals surface area contributed by atoms with Crippen LogP contribution in [0.4, 0.5) is 0 Å². The zero-order valence-corrected chi connectivity index (χ0v) is 11.5. The Labute approximate surface area is 95.2 Å². The fourth-order valence-electron chi connectivity index (χ4n) is 1.56. The molecule has 0 aliphatic heterocycles. The lowest BCUT2D eigenvalue weighted by Crippen LogP contribution is -2.40. The second-order valence-electron chi connectivity index (χ2n) is 4.31. The van der Waals surface area contributed by atoms with Crippen molar-refractivity contribution in [3.05, 3.63) is 25.3 Å². The lowest BCUT2D eigenvalue weighted by Gasteiger charge is -2.29. The van der Waals surface area contributed by atoms with Crippen molar-refractivity contribution in [2.24, 2.45) is 0 Å². The smallest absolute Gasteiger partial charge is 0.332 e. The zero-order valence-electron chi connectivity index (χ0n) is 10.5. The van der Waals surface area contributed by atoms with Crippen molar-refractivity contribution in [2.45, 2.75) is 52.0 Å². The molecule has 0 bridgehead atoms. The molecule has 2 unspecified atom stereocenters. The van der Waals surface area contributed by atoms with Crippen molar-refractivity contribution in [3.63, 3.8) is 0 Å². The normalized spacial score (nSPS) is 15.7. The molecule has 2 atom stereocenters. The maximum Gasteiger partial charge on any atom is 0.332 e. The first-order valence-electron chi connectivity index (χ1n) is 5.48. The molecule has 0 aliphatic carbocycles. The summed E-state index contributed by atoms with van der Waals surface area (Å²) in [5.74, 6) is 0. The van der Waals surface area contributed by atoms with E-state index in [1.54, 1.807) is 0 Å². The van der Waals surface area contributed by atoms with Gasteiger partial charge in [0.1, 0.15) is 0 Å². The fourth-order valence-corrected chi connectivity index (χ4v) is 3.75. The lowest BCUT2D eigenvalue weighted by molar-refractivity contribution is 0.102. The Morgan fingerprint density at radius 2 is 1.33 bits per heavy atom. The summed E-state index contributed by atoms with van der Waals surface area (Å²) in [4.78, 5) is 0. The van der Waals surface area contributed by atoms with Gasteiger partial charge >= 0.3 is 8.56 Å². The summed E-state index contributed by atoms with van der Waals surface area (Å²) < 4.78 is 11.8. The average Bonchev–Trinajstić information content (AvgIpc) is 2.01. The van der Waals surface area contributed by atoms with Crippen LogP contribution < -0.4 is 0 Å². The van der Waals surface area contributed by atoms with E-state index in [1.807, 2.05) is 12.2 Å². The van der Waals surface area contributed by atoms with Crippen LogP contribution in [0.2, 0.25) is 13.1 Å². The van der Waals surface area contributed by atoms with Gasteiger partial charge in [-0.25, -0.2) is 0 Å². The molecule has 2 nitrogen and oxygen atoms in total. The first kappa shape index (κ1) is 14.6. The van der Waals surface area contributed by atoms with Crippen LogP contribution in [0.1, 0.15) is 26.7 Å². The van der Waals surface area contributed by atoms with Gasteiger partial charge < -0.3 is 8.85 Å². The van der Waals surface area contributed by atoms with E-state index in [9.17, 15) is 0 Å². The highest BCUT2D eigenvalue weighted by Gasteiger charge is 2.28. The molecule has 0 amide bonds.